The molecule has 0 aliphatic carbocycles. The summed E-state index contributed by atoms with van der Waals surface area (Å²) in [6, 6.07) is 11.4. The number of carboxylic acid groups (broad SMARTS) is 1. The maximum absolute atomic E-state index is 13.5. The average Bonchev–Trinajstić information content (AvgIpc) is 3.20. The van der Waals surface area contributed by atoms with Gasteiger partial charge in [0.25, 0.3) is 0 Å². The number of nitrogens with one attached hydrogen (secondary N) is 3. The maximum atomic E-state index is 13.5. The van der Waals surface area contributed by atoms with Gasteiger partial charge in [-0.2, -0.15) is 0 Å². The number of fused-ring (bicyclic) bond motifs is 1. The molecule has 1 aromatic heterocycles. The Hall–Kier alpha value is -4.25. The molecule has 11 heteroatoms. The molecule has 0 aliphatic rings. The number of aromatic nitrogens is 2. The number of hydrogen-bond donors (Lipinski definition) is 5. The lowest BCUT2D eigenvalue weighted by Gasteiger charge is -2.33. The monoisotopic (exact) mass is 521 g/mol. The number of amidine groups is 1. The molecule has 1 heterocycles. The first-order chi connectivity index (χ1) is 17.9. The lowest BCUT2D eigenvalue weighted by molar-refractivity contribution is -0.144. The molecule has 11 nitrogen and oxygen atoms in total. The van der Waals surface area contributed by atoms with Crippen LogP contribution in [0.4, 0.5) is 5.69 Å². The van der Waals surface area contributed by atoms with Gasteiger partial charge in [-0.15, -0.1) is 0 Å². The summed E-state index contributed by atoms with van der Waals surface area (Å²) in [6.45, 7) is 5.67. The van der Waals surface area contributed by atoms with E-state index in [1.807, 2.05) is 48.9 Å². The molecule has 0 saturated carbocycles. The third kappa shape index (κ3) is 5.83. The Morgan fingerprint density at radius 1 is 1.21 bits per heavy atom. The number of amides is 1. The second-order valence-electron chi connectivity index (χ2n) is 9.55. The molecule has 2 atom stereocenters. The zero-order chi connectivity index (χ0) is 28.2. The smallest absolute Gasteiger partial charge is 0.328 e. The van der Waals surface area contributed by atoms with Crippen molar-refractivity contribution in [1.29, 1.82) is 5.41 Å². The number of ketones is 1. The van der Waals surface area contributed by atoms with Crippen LogP contribution in [0.5, 0.6) is 0 Å². The highest BCUT2D eigenvalue weighted by Crippen LogP contribution is 2.29. The van der Waals surface area contributed by atoms with Crippen LogP contribution in [0.1, 0.15) is 37.7 Å². The van der Waals surface area contributed by atoms with Crippen molar-refractivity contribution in [3.05, 3.63) is 59.4 Å². The van der Waals surface area contributed by atoms with E-state index in [9.17, 15) is 19.5 Å². The van der Waals surface area contributed by atoms with Crippen molar-refractivity contribution in [3.8, 4) is 0 Å². The Balaban J connectivity index is 1.92. The molecule has 0 fully saturated rings. The first-order valence-corrected chi connectivity index (χ1v) is 12.3. The SMILES string of the molecule is CCN(C)C(=O)C(C)(CNC(C(C)=O)C(=O)O)c1ccc2c(c1)nc(CNc1ccc(C(=N)N)cc1)n2C. The predicted octanol–water partition coefficient (Wildman–Crippen LogP) is 1.84. The van der Waals surface area contributed by atoms with E-state index >= 15 is 0 Å². The van der Waals surface area contributed by atoms with Crippen molar-refractivity contribution in [1.82, 2.24) is 19.8 Å². The van der Waals surface area contributed by atoms with Crippen molar-refractivity contribution < 1.29 is 19.5 Å². The number of carbonyl (C=O) groups is 3. The normalized spacial score (nSPS) is 13.5. The zero-order valence-electron chi connectivity index (χ0n) is 22.3. The minimum atomic E-state index is -1.41. The van der Waals surface area contributed by atoms with E-state index < -0.39 is 23.2 Å². The van der Waals surface area contributed by atoms with Gasteiger partial charge < -0.3 is 25.6 Å². The standard InChI is InChI=1S/C27H35N7O4/c1-6-33(4)26(38)27(3,15-31-23(16(2)35)25(36)37)18-9-12-21-20(13-18)32-22(34(21)5)14-30-19-10-7-17(8-11-19)24(28)29/h7-13,23,30-31H,6,14-15H2,1-5H3,(H3,28,29)(H,36,37). The number of carbonyl (C=O) groups excluding carboxylic acids is 2. The number of Topliss-reactive ketones (excluding diaryl/α,β-unsaturated/α-hetero) is 1. The topological polar surface area (TPSA) is 166 Å². The number of nitrogens with two attached hydrogens (primary N) is 1. The predicted molar refractivity (Wildman–Crippen MR) is 146 cm³/mol. The third-order valence-electron chi connectivity index (χ3n) is 6.86. The largest absolute Gasteiger partial charge is 0.480 e. The van der Waals surface area contributed by atoms with Crippen LogP contribution in [0.3, 0.4) is 0 Å². The number of aliphatic carboxylic acids is 1. The molecule has 2 aromatic carbocycles. The minimum absolute atomic E-state index is 0.00768. The number of likely N-dealkylation sites (N-methyl/N-ethyl adjacent to an activating group) is 1. The van der Waals surface area contributed by atoms with Gasteiger partial charge in [0, 0.05) is 38.4 Å². The minimum Gasteiger partial charge on any atom is -0.480 e. The molecule has 0 spiro atoms. The molecule has 38 heavy (non-hydrogen) atoms. The highest BCUT2D eigenvalue weighted by atomic mass is 16.4. The van der Waals surface area contributed by atoms with Crippen LogP contribution in [-0.2, 0) is 33.4 Å². The van der Waals surface area contributed by atoms with Crippen molar-refractivity contribution in [2.75, 3.05) is 25.5 Å². The summed E-state index contributed by atoms with van der Waals surface area (Å²) < 4.78 is 1.96. The molecular formula is C27H35N7O4. The number of nitrogen functional groups attached to an aromatic ring is 1. The van der Waals surface area contributed by atoms with Crippen LogP contribution in [0, 0.1) is 5.41 Å². The molecule has 3 rings (SSSR count). The van der Waals surface area contributed by atoms with Gasteiger partial charge in [0.1, 0.15) is 11.7 Å². The first-order valence-electron chi connectivity index (χ1n) is 12.3. The Morgan fingerprint density at radius 2 is 1.87 bits per heavy atom. The van der Waals surface area contributed by atoms with Crippen molar-refractivity contribution in [3.63, 3.8) is 0 Å². The van der Waals surface area contributed by atoms with Gasteiger partial charge in [0.15, 0.2) is 11.8 Å². The van der Waals surface area contributed by atoms with Gasteiger partial charge in [-0.05, 0) is 62.7 Å². The lowest BCUT2D eigenvalue weighted by Crippen LogP contribution is -2.53. The number of imidazole rings is 1. The van der Waals surface area contributed by atoms with E-state index in [0.29, 0.717) is 29.7 Å². The summed E-state index contributed by atoms with van der Waals surface area (Å²) >= 11 is 0. The summed E-state index contributed by atoms with van der Waals surface area (Å²) in [5, 5.41) is 23.0. The number of benzene rings is 2. The number of aryl methyl sites for hydroxylation is 1. The molecule has 0 radical (unpaired) electrons. The molecule has 2 unspecified atom stereocenters. The Morgan fingerprint density at radius 3 is 2.42 bits per heavy atom. The van der Waals surface area contributed by atoms with E-state index in [4.69, 9.17) is 16.1 Å². The van der Waals surface area contributed by atoms with Gasteiger partial charge in [0.05, 0.1) is 23.0 Å². The zero-order valence-corrected chi connectivity index (χ0v) is 22.3. The molecular weight excluding hydrogens is 486 g/mol. The van der Waals surface area contributed by atoms with E-state index in [1.165, 1.54) is 6.92 Å². The van der Waals surface area contributed by atoms with E-state index in [2.05, 4.69) is 10.6 Å². The second kappa shape index (κ2) is 11.4. The molecule has 6 N–H and O–H groups in total. The highest BCUT2D eigenvalue weighted by molar-refractivity contribution is 6.01. The lowest BCUT2D eigenvalue weighted by atomic mass is 9.80. The van der Waals surface area contributed by atoms with Crippen LogP contribution in [-0.4, -0.2) is 69.2 Å². The van der Waals surface area contributed by atoms with Crippen LogP contribution in [0.15, 0.2) is 42.5 Å². The molecule has 0 saturated heterocycles. The highest BCUT2D eigenvalue weighted by Gasteiger charge is 2.39. The van der Waals surface area contributed by atoms with E-state index in [1.54, 1.807) is 31.0 Å². The fourth-order valence-electron chi connectivity index (χ4n) is 4.28. The summed E-state index contributed by atoms with van der Waals surface area (Å²) in [4.78, 5) is 43.2. The number of hydrogen-bond acceptors (Lipinski definition) is 7. The fraction of sp³-hybridized carbons (Fsp3) is 0.370. The number of carboxylic acids is 1. The quantitative estimate of drug-likeness (QED) is 0.137. The van der Waals surface area contributed by atoms with Gasteiger partial charge in [0.2, 0.25) is 5.91 Å². The summed E-state index contributed by atoms with van der Waals surface area (Å²) in [5.41, 5.74) is 8.09. The van der Waals surface area contributed by atoms with Crippen molar-refractivity contribution >= 4 is 40.2 Å². The Bertz CT molecular complexity index is 1350. The van der Waals surface area contributed by atoms with Gasteiger partial charge in [-0.1, -0.05) is 6.07 Å². The fourth-order valence-corrected chi connectivity index (χ4v) is 4.28. The van der Waals surface area contributed by atoms with Crippen LogP contribution in [0.2, 0.25) is 0 Å². The molecule has 3 aromatic rings. The maximum Gasteiger partial charge on any atom is 0.328 e. The number of rotatable bonds is 12. The van der Waals surface area contributed by atoms with E-state index in [-0.39, 0.29) is 18.3 Å². The molecule has 1 amide bonds. The summed E-state index contributed by atoms with van der Waals surface area (Å²) in [7, 11) is 3.60. The first kappa shape index (κ1) is 28.3. The number of nitrogens with zero attached hydrogens (tertiary/aromatic N) is 3. The Kier molecular flexibility index (Phi) is 8.52. The van der Waals surface area contributed by atoms with Gasteiger partial charge in [-0.3, -0.25) is 25.1 Å². The van der Waals surface area contributed by atoms with Crippen LogP contribution >= 0.6 is 0 Å². The van der Waals surface area contributed by atoms with Gasteiger partial charge >= 0.3 is 5.97 Å². The third-order valence-corrected chi connectivity index (χ3v) is 6.86. The van der Waals surface area contributed by atoms with Crippen molar-refractivity contribution in [2.45, 2.75) is 38.8 Å². The van der Waals surface area contributed by atoms with Crippen LogP contribution < -0.4 is 16.4 Å². The molecule has 0 aliphatic heterocycles. The Labute approximate surface area is 221 Å². The van der Waals surface area contributed by atoms with Gasteiger partial charge in [-0.25, -0.2) is 4.98 Å². The number of anilines is 1. The second-order valence-corrected chi connectivity index (χ2v) is 9.55. The molecule has 202 valence electrons. The van der Waals surface area contributed by atoms with E-state index in [0.717, 1.165) is 17.0 Å². The summed E-state index contributed by atoms with van der Waals surface area (Å²) in [6.07, 6.45) is 0. The van der Waals surface area contributed by atoms with Crippen molar-refractivity contribution in [2.24, 2.45) is 12.8 Å². The average molecular weight is 522 g/mol. The summed E-state index contributed by atoms with van der Waals surface area (Å²) in [5.74, 6) is -1.25. The molecule has 0 bridgehead atoms. The van der Waals surface area contributed by atoms with Crippen LogP contribution in [0.25, 0.3) is 11.0 Å².